The summed E-state index contributed by atoms with van der Waals surface area (Å²) in [6, 6.07) is 18.9. The number of hydrogen-bond donors (Lipinski definition) is 1. The Morgan fingerprint density at radius 1 is 0.871 bits per heavy atom. The Hall–Kier alpha value is -3.81. The molecule has 2 heterocycles. The predicted molar refractivity (Wildman–Crippen MR) is 119 cm³/mol. The summed E-state index contributed by atoms with van der Waals surface area (Å²) < 4.78 is 10.6. The van der Waals surface area contributed by atoms with Crippen LogP contribution in [0.5, 0.6) is 11.5 Å². The third-order valence-corrected chi connectivity index (χ3v) is 5.22. The van der Waals surface area contributed by atoms with Gasteiger partial charge in [-0.25, -0.2) is 0 Å². The van der Waals surface area contributed by atoms with E-state index in [1.54, 1.807) is 32.4 Å². The van der Waals surface area contributed by atoms with E-state index in [-0.39, 0.29) is 5.91 Å². The number of hydrogen-bond acceptors (Lipinski definition) is 7. The normalized spacial score (nSPS) is 13.6. The van der Waals surface area contributed by atoms with Crippen LogP contribution in [0.25, 0.3) is 0 Å². The first-order chi connectivity index (χ1) is 15.2. The van der Waals surface area contributed by atoms with Crippen LogP contribution >= 0.6 is 0 Å². The number of aromatic nitrogens is 2. The van der Waals surface area contributed by atoms with Gasteiger partial charge in [-0.1, -0.05) is 18.2 Å². The van der Waals surface area contributed by atoms with Crippen LogP contribution < -0.4 is 19.7 Å². The number of amides is 1. The van der Waals surface area contributed by atoms with E-state index in [4.69, 9.17) is 9.47 Å². The van der Waals surface area contributed by atoms with Gasteiger partial charge in [-0.15, -0.1) is 10.2 Å². The summed E-state index contributed by atoms with van der Waals surface area (Å²) >= 11 is 0. The van der Waals surface area contributed by atoms with Crippen molar-refractivity contribution in [3.05, 3.63) is 66.2 Å². The number of rotatable bonds is 6. The number of para-hydroxylation sites is 1. The maximum atomic E-state index is 12.9. The van der Waals surface area contributed by atoms with Gasteiger partial charge in [0.15, 0.2) is 23.1 Å². The van der Waals surface area contributed by atoms with Crippen molar-refractivity contribution in [2.75, 3.05) is 50.6 Å². The molecule has 0 bridgehead atoms. The molecule has 4 rings (SSSR count). The summed E-state index contributed by atoms with van der Waals surface area (Å²) in [7, 11) is 3.14. The average Bonchev–Trinajstić information content (AvgIpc) is 2.84. The number of methoxy groups -OCH3 is 2. The van der Waals surface area contributed by atoms with E-state index in [1.807, 2.05) is 47.4 Å². The largest absolute Gasteiger partial charge is 0.493 e. The van der Waals surface area contributed by atoms with Crippen LogP contribution in [0.15, 0.2) is 60.7 Å². The van der Waals surface area contributed by atoms with E-state index < -0.39 is 0 Å². The Kier molecular flexibility index (Phi) is 6.16. The molecule has 1 aromatic heterocycles. The first-order valence-electron chi connectivity index (χ1n) is 10.1. The summed E-state index contributed by atoms with van der Waals surface area (Å²) in [5.74, 6) is 2.63. The summed E-state index contributed by atoms with van der Waals surface area (Å²) in [5, 5.41) is 11.9. The van der Waals surface area contributed by atoms with Crippen molar-refractivity contribution in [2.24, 2.45) is 0 Å². The number of ether oxygens (including phenoxy) is 2. The molecular weight excluding hydrogens is 394 g/mol. The predicted octanol–water partition coefficient (Wildman–Crippen LogP) is 3.20. The van der Waals surface area contributed by atoms with Crippen molar-refractivity contribution in [1.29, 1.82) is 0 Å². The van der Waals surface area contributed by atoms with Gasteiger partial charge in [0.25, 0.3) is 5.91 Å². The molecule has 2 aromatic carbocycles. The summed E-state index contributed by atoms with van der Waals surface area (Å²) in [4.78, 5) is 16.9. The van der Waals surface area contributed by atoms with Crippen molar-refractivity contribution in [3.8, 4) is 11.5 Å². The van der Waals surface area contributed by atoms with Crippen LogP contribution in [0, 0.1) is 0 Å². The van der Waals surface area contributed by atoms with E-state index in [9.17, 15) is 4.79 Å². The molecule has 31 heavy (non-hydrogen) atoms. The lowest BCUT2D eigenvalue weighted by Gasteiger charge is -2.35. The second-order valence-electron chi connectivity index (χ2n) is 7.12. The molecule has 8 heteroatoms. The second-order valence-corrected chi connectivity index (χ2v) is 7.12. The maximum absolute atomic E-state index is 12.9. The smallest absolute Gasteiger partial charge is 0.254 e. The lowest BCUT2D eigenvalue weighted by Crippen LogP contribution is -2.49. The van der Waals surface area contributed by atoms with Gasteiger partial charge in [0.2, 0.25) is 0 Å². The minimum absolute atomic E-state index is 0.0194. The van der Waals surface area contributed by atoms with Gasteiger partial charge in [0.05, 0.1) is 14.2 Å². The zero-order valence-corrected chi connectivity index (χ0v) is 17.6. The van der Waals surface area contributed by atoms with Gasteiger partial charge in [-0.2, -0.15) is 0 Å². The maximum Gasteiger partial charge on any atom is 0.254 e. The Bertz CT molecular complexity index is 1020. The highest BCUT2D eigenvalue weighted by molar-refractivity contribution is 5.95. The van der Waals surface area contributed by atoms with E-state index in [2.05, 4.69) is 20.4 Å². The molecule has 3 aromatic rings. The molecule has 1 fully saturated rings. The molecule has 0 aliphatic carbocycles. The quantitative estimate of drug-likeness (QED) is 0.657. The molecule has 0 unspecified atom stereocenters. The van der Waals surface area contributed by atoms with Crippen molar-refractivity contribution in [1.82, 2.24) is 15.1 Å². The van der Waals surface area contributed by atoms with Crippen molar-refractivity contribution in [2.45, 2.75) is 0 Å². The fourth-order valence-corrected chi connectivity index (χ4v) is 3.52. The molecule has 0 spiro atoms. The molecule has 1 aliphatic rings. The summed E-state index contributed by atoms with van der Waals surface area (Å²) in [5.41, 5.74) is 1.55. The van der Waals surface area contributed by atoms with Crippen molar-refractivity contribution < 1.29 is 14.3 Å². The standard InChI is InChI=1S/C23H25N5O3/c1-30-19-9-8-17(16-20(19)31-2)23(29)28-14-12-27(13-15-28)22-11-10-21(25-26-22)24-18-6-4-3-5-7-18/h3-11,16H,12-15H2,1-2H3,(H,24,25). The number of nitrogens with zero attached hydrogens (tertiary/aromatic N) is 4. The van der Waals surface area contributed by atoms with E-state index >= 15 is 0 Å². The zero-order chi connectivity index (χ0) is 21.6. The SMILES string of the molecule is COc1ccc(C(=O)N2CCN(c3ccc(Nc4ccccc4)nn3)CC2)cc1OC. The minimum atomic E-state index is -0.0194. The second kappa shape index (κ2) is 9.34. The molecule has 1 saturated heterocycles. The fraction of sp³-hybridized carbons (Fsp3) is 0.261. The Balaban J connectivity index is 1.35. The average molecular weight is 419 g/mol. The molecule has 0 saturated carbocycles. The molecule has 160 valence electrons. The van der Waals surface area contributed by atoms with E-state index in [0.717, 1.165) is 11.5 Å². The topological polar surface area (TPSA) is 79.8 Å². The first kappa shape index (κ1) is 20.5. The third-order valence-electron chi connectivity index (χ3n) is 5.22. The monoisotopic (exact) mass is 419 g/mol. The third kappa shape index (κ3) is 4.69. The van der Waals surface area contributed by atoms with E-state index in [1.165, 1.54) is 0 Å². The zero-order valence-electron chi connectivity index (χ0n) is 17.6. The van der Waals surface area contributed by atoms with Gasteiger partial charge in [0.1, 0.15) is 0 Å². The molecule has 0 atom stereocenters. The van der Waals surface area contributed by atoms with Crippen molar-refractivity contribution >= 4 is 23.2 Å². The van der Waals surface area contributed by atoms with Gasteiger partial charge in [-0.05, 0) is 42.5 Å². The highest BCUT2D eigenvalue weighted by Gasteiger charge is 2.24. The Morgan fingerprint density at radius 2 is 1.61 bits per heavy atom. The highest BCUT2D eigenvalue weighted by atomic mass is 16.5. The molecule has 1 N–H and O–H groups in total. The Morgan fingerprint density at radius 3 is 2.26 bits per heavy atom. The number of piperazine rings is 1. The van der Waals surface area contributed by atoms with Gasteiger partial charge in [-0.3, -0.25) is 4.79 Å². The lowest BCUT2D eigenvalue weighted by molar-refractivity contribution is 0.0746. The van der Waals surface area contributed by atoms with Gasteiger partial charge < -0.3 is 24.6 Å². The van der Waals surface area contributed by atoms with Crippen LogP contribution in [-0.2, 0) is 0 Å². The van der Waals surface area contributed by atoms with Crippen LogP contribution in [0.1, 0.15) is 10.4 Å². The number of anilines is 3. The number of carbonyl (C=O) groups excluding carboxylic acids is 1. The fourth-order valence-electron chi connectivity index (χ4n) is 3.52. The molecule has 1 amide bonds. The first-order valence-corrected chi connectivity index (χ1v) is 10.1. The molecular formula is C23H25N5O3. The summed E-state index contributed by atoms with van der Waals surface area (Å²) in [6.45, 7) is 2.61. The lowest BCUT2D eigenvalue weighted by atomic mass is 10.1. The number of benzene rings is 2. The highest BCUT2D eigenvalue weighted by Crippen LogP contribution is 2.28. The van der Waals surface area contributed by atoms with Crippen LogP contribution in [0.4, 0.5) is 17.3 Å². The van der Waals surface area contributed by atoms with Gasteiger partial charge in [0, 0.05) is 37.4 Å². The number of nitrogens with one attached hydrogen (secondary N) is 1. The van der Waals surface area contributed by atoms with Gasteiger partial charge >= 0.3 is 0 Å². The van der Waals surface area contributed by atoms with E-state index in [0.29, 0.717) is 49.1 Å². The summed E-state index contributed by atoms with van der Waals surface area (Å²) in [6.07, 6.45) is 0. The van der Waals surface area contributed by atoms with Crippen molar-refractivity contribution in [3.63, 3.8) is 0 Å². The molecule has 0 radical (unpaired) electrons. The minimum Gasteiger partial charge on any atom is -0.493 e. The van der Waals surface area contributed by atoms with Crippen LogP contribution in [-0.4, -0.2) is 61.4 Å². The Labute approximate surface area is 181 Å². The number of carbonyl (C=O) groups is 1. The van der Waals surface area contributed by atoms with Crippen LogP contribution in [0.3, 0.4) is 0 Å². The molecule has 8 nitrogen and oxygen atoms in total. The molecule has 1 aliphatic heterocycles. The van der Waals surface area contributed by atoms with Crippen LogP contribution in [0.2, 0.25) is 0 Å².